The third-order valence-electron chi connectivity index (χ3n) is 3.07. The topological polar surface area (TPSA) is 42.2 Å². The lowest BCUT2D eigenvalue weighted by Gasteiger charge is -2.18. The van der Waals surface area contributed by atoms with Gasteiger partial charge in [0.05, 0.1) is 6.04 Å². The molecule has 0 fully saturated rings. The van der Waals surface area contributed by atoms with Gasteiger partial charge in [0.25, 0.3) is 0 Å². The van der Waals surface area contributed by atoms with Crippen LogP contribution in [0, 0.1) is 0 Å². The van der Waals surface area contributed by atoms with Gasteiger partial charge in [-0.25, -0.2) is 0 Å². The number of pyridine rings is 1. The van der Waals surface area contributed by atoms with Gasteiger partial charge in [0.1, 0.15) is 0 Å². The van der Waals surface area contributed by atoms with Crippen molar-refractivity contribution in [2.24, 2.45) is 0 Å². The zero-order valence-corrected chi connectivity index (χ0v) is 11.0. The Balaban J connectivity index is 2.08. The minimum absolute atomic E-state index is 0.183. The van der Waals surface area contributed by atoms with Gasteiger partial charge in [0.2, 0.25) is 0 Å². The standard InChI is InChI=1S/C14H20N4/c1-4-5-8-11(2)15-12(3)14-17-16-13-9-6-7-10-18(13)14/h4,6-7,9-12,15H,1,5,8H2,2-3H3. The van der Waals surface area contributed by atoms with Crippen molar-refractivity contribution >= 4 is 5.65 Å². The van der Waals surface area contributed by atoms with E-state index >= 15 is 0 Å². The highest BCUT2D eigenvalue weighted by Gasteiger charge is 2.14. The number of nitrogens with zero attached hydrogens (tertiary/aromatic N) is 3. The molecule has 2 aromatic heterocycles. The van der Waals surface area contributed by atoms with Crippen LogP contribution in [0.1, 0.15) is 38.6 Å². The number of rotatable bonds is 6. The molecule has 4 heteroatoms. The highest BCUT2D eigenvalue weighted by Crippen LogP contribution is 2.13. The summed E-state index contributed by atoms with van der Waals surface area (Å²) in [5, 5.41) is 12.0. The average Bonchev–Trinajstić information content (AvgIpc) is 2.80. The molecular weight excluding hydrogens is 224 g/mol. The zero-order chi connectivity index (χ0) is 13.0. The Morgan fingerprint density at radius 2 is 2.22 bits per heavy atom. The lowest BCUT2D eigenvalue weighted by atomic mass is 10.1. The number of nitrogens with one attached hydrogen (secondary N) is 1. The molecule has 0 radical (unpaired) electrons. The molecule has 2 heterocycles. The van der Waals surface area contributed by atoms with Crippen molar-refractivity contribution in [3.63, 3.8) is 0 Å². The van der Waals surface area contributed by atoms with Crippen LogP contribution in [0.2, 0.25) is 0 Å². The molecule has 0 saturated heterocycles. The van der Waals surface area contributed by atoms with E-state index in [2.05, 4.69) is 35.9 Å². The van der Waals surface area contributed by atoms with Gasteiger partial charge < -0.3 is 5.32 Å². The summed E-state index contributed by atoms with van der Waals surface area (Å²) in [4.78, 5) is 0. The van der Waals surface area contributed by atoms with Crippen molar-refractivity contribution in [2.75, 3.05) is 0 Å². The van der Waals surface area contributed by atoms with E-state index in [0.29, 0.717) is 6.04 Å². The monoisotopic (exact) mass is 244 g/mol. The summed E-state index contributed by atoms with van der Waals surface area (Å²) in [5.74, 6) is 0.955. The lowest BCUT2D eigenvalue weighted by molar-refractivity contribution is 0.443. The summed E-state index contributed by atoms with van der Waals surface area (Å²) >= 11 is 0. The molecule has 0 amide bonds. The van der Waals surface area contributed by atoms with E-state index in [1.807, 2.05) is 34.9 Å². The SMILES string of the molecule is C=CCCC(C)NC(C)c1nnc2ccccn12. The highest BCUT2D eigenvalue weighted by atomic mass is 15.3. The van der Waals surface area contributed by atoms with E-state index in [9.17, 15) is 0 Å². The fraction of sp³-hybridized carbons (Fsp3) is 0.429. The van der Waals surface area contributed by atoms with E-state index < -0.39 is 0 Å². The van der Waals surface area contributed by atoms with Gasteiger partial charge in [-0.15, -0.1) is 16.8 Å². The van der Waals surface area contributed by atoms with Crippen molar-refractivity contribution in [3.05, 3.63) is 42.9 Å². The van der Waals surface area contributed by atoms with Crippen molar-refractivity contribution < 1.29 is 0 Å². The van der Waals surface area contributed by atoms with E-state index in [4.69, 9.17) is 0 Å². The summed E-state index contributed by atoms with van der Waals surface area (Å²) in [6.45, 7) is 8.05. The van der Waals surface area contributed by atoms with Gasteiger partial charge in [-0.2, -0.15) is 0 Å². The second kappa shape index (κ2) is 5.78. The zero-order valence-electron chi connectivity index (χ0n) is 11.0. The summed E-state index contributed by atoms with van der Waals surface area (Å²) in [5.41, 5.74) is 0.889. The molecule has 1 N–H and O–H groups in total. The van der Waals surface area contributed by atoms with Crippen molar-refractivity contribution in [3.8, 4) is 0 Å². The van der Waals surface area contributed by atoms with Gasteiger partial charge in [0.15, 0.2) is 11.5 Å². The maximum atomic E-state index is 4.26. The van der Waals surface area contributed by atoms with Crippen molar-refractivity contribution in [2.45, 2.75) is 38.8 Å². The Hall–Kier alpha value is -1.68. The maximum absolute atomic E-state index is 4.26. The molecule has 0 saturated carbocycles. The second-order valence-corrected chi connectivity index (χ2v) is 4.64. The van der Waals surface area contributed by atoms with Gasteiger partial charge >= 0.3 is 0 Å². The van der Waals surface area contributed by atoms with Crippen LogP contribution in [0.4, 0.5) is 0 Å². The first-order chi connectivity index (χ1) is 8.72. The predicted octanol–water partition coefficient (Wildman–Crippen LogP) is 2.73. The fourth-order valence-corrected chi connectivity index (χ4v) is 2.11. The lowest BCUT2D eigenvalue weighted by Crippen LogP contribution is -2.29. The van der Waals surface area contributed by atoms with Crippen LogP contribution in [-0.2, 0) is 0 Å². The molecule has 0 aromatic carbocycles. The largest absolute Gasteiger partial charge is 0.305 e. The Labute approximate surface area is 108 Å². The smallest absolute Gasteiger partial charge is 0.160 e. The van der Waals surface area contributed by atoms with E-state index in [1.54, 1.807) is 0 Å². The molecule has 2 atom stereocenters. The minimum Gasteiger partial charge on any atom is -0.305 e. The van der Waals surface area contributed by atoms with Crippen LogP contribution in [0.3, 0.4) is 0 Å². The van der Waals surface area contributed by atoms with Gasteiger partial charge in [-0.1, -0.05) is 12.1 Å². The van der Waals surface area contributed by atoms with E-state index in [1.165, 1.54) is 0 Å². The van der Waals surface area contributed by atoms with Crippen LogP contribution in [0.15, 0.2) is 37.1 Å². The highest BCUT2D eigenvalue weighted by molar-refractivity contribution is 5.37. The van der Waals surface area contributed by atoms with Crippen LogP contribution in [0.5, 0.6) is 0 Å². The first-order valence-corrected chi connectivity index (χ1v) is 6.39. The Kier molecular flexibility index (Phi) is 4.10. The molecule has 2 rings (SSSR count). The number of allylic oxidation sites excluding steroid dienone is 1. The fourth-order valence-electron chi connectivity index (χ4n) is 2.11. The molecule has 2 aromatic rings. The number of fused-ring (bicyclic) bond motifs is 1. The molecule has 2 unspecified atom stereocenters. The number of aromatic nitrogens is 3. The molecule has 96 valence electrons. The molecule has 0 spiro atoms. The third kappa shape index (κ3) is 2.76. The summed E-state index contributed by atoms with van der Waals surface area (Å²) in [6.07, 6.45) is 6.07. The van der Waals surface area contributed by atoms with Crippen LogP contribution in [-0.4, -0.2) is 20.6 Å². The number of hydrogen-bond acceptors (Lipinski definition) is 3. The summed E-state index contributed by atoms with van der Waals surface area (Å²) in [6, 6.07) is 6.55. The normalized spacial score (nSPS) is 14.6. The molecule has 0 aliphatic heterocycles. The molecule has 0 aliphatic rings. The second-order valence-electron chi connectivity index (χ2n) is 4.64. The first kappa shape index (κ1) is 12.8. The molecule has 0 bridgehead atoms. The van der Waals surface area contributed by atoms with Crippen molar-refractivity contribution in [1.82, 2.24) is 19.9 Å². The Morgan fingerprint density at radius 1 is 1.39 bits per heavy atom. The quantitative estimate of drug-likeness (QED) is 0.794. The van der Waals surface area contributed by atoms with Crippen LogP contribution < -0.4 is 5.32 Å². The Morgan fingerprint density at radius 3 is 3.00 bits per heavy atom. The molecule has 18 heavy (non-hydrogen) atoms. The molecule has 0 aliphatic carbocycles. The van der Waals surface area contributed by atoms with Crippen LogP contribution in [0.25, 0.3) is 5.65 Å². The molecule has 4 nitrogen and oxygen atoms in total. The number of hydrogen-bond donors (Lipinski definition) is 1. The van der Waals surface area contributed by atoms with Gasteiger partial charge in [-0.05, 0) is 38.8 Å². The maximum Gasteiger partial charge on any atom is 0.160 e. The van der Waals surface area contributed by atoms with Crippen LogP contribution >= 0.6 is 0 Å². The minimum atomic E-state index is 0.183. The average molecular weight is 244 g/mol. The van der Waals surface area contributed by atoms with Gasteiger partial charge in [-0.3, -0.25) is 4.40 Å². The first-order valence-electron chi connectivity index (χ1n) is 6.39. The third-order valence-corrected chi connectivity index (χ3v) is 3.07. The predicted molar refractivity (Wildman–Crippen MR) is 73.4 cm³/mol. The van der Waals surface area contributed by atoms with E-state index in [0.717, 1.165) is 24.3 Å². The van der Waals surface area contributed by atoms with Gasteiger partial charge in [0, 0.05) is 12.2 Å². The Bertz CT molecular complexity index is 517. The summed E-state index contributed by atoms with van der Waals surface area (Å²) < 4.78 is 2.03. The van der Waals surface area contributed by atoms with E-state index in [-0.39, 0.29) is 6.04 Å². The molecular formula is C14H20N4. The van der Waals surface area contributed by atoms with Crippen molar-refractivity contribution in [1.29, 1.82) is 0 Å². The summed E-state index contributed by atoms with van der Waals surface area (Å²) in [7, 11) is 0.